The molecule has 0 fully saturated rings. The molecule has 1 atom stereocenters. The summed E-state index contributed by atoms with van der Waals surface area (Å²) in [5, 5.41) is 0.885. The van der Waals surface area contributed by atoms with E-state index in [9.17, 15) is 9.59 Å². The van der Waals surface area contributed by atoms with Gasteiger partial charge in [0.15, 0.2) is 5.78 Å². The number of halogens is 2. The first-order valence-electron chi connectivity index (χ1n) is 9.30. The molecule has 5 nitrogen and oxygen atoms in total. The molecule has 0 N–H and O–H groups in total. The van der Waals surface area contributed by atoms with Crippen LogP contribution in [0.15, 0.2) is 54.9 Å². The Bertz CT molecular complexity index is 1100. The Morgan fingerprint density at radius 3 is 2.55 bits per heavy atom. The molecule has 0 aliphatic carbocycles. The highest BCUT2D eigenvalue weighted by atomic mass is 35.5. The van der Waals surface area contributed by atoms with Crippen LogP contribution in [-0.2, 0) is 16.8 Å². The van der Waals surface area contributed by atoms with Crippen LogP contribution in [0, 0.1) is 0 Å². The van der Waals surface area contributed by atoms with Crippen molar-refractivity contribution in [1.29, 1.82) is 0 Å². The maximum Gasteiger partial charge on any atom is 0.260 e. The quantitative estimate of drug-likeness (QED) is 0.510. The zero-order valence-electron chi connectivity index (χ0n) is 16.0. The predicted molar refractivity (Wildman–Crippen MR) is 114 cm³/mol. The normalized spacial score (nSPS) is 18.2. The number of hydrogen-bond donors (Lipinski definition) is 0. The van der Waals surface area contributed by atoms with Crippen molar-refractivity contribution < 1.29 is 9.59 Å². The van der Waals surface area contributed by atoms with Gasteiger partial charge in [-0.1, -0.05) is 48.3 Å². The number of hydrogen-bond acceptors (Lipinski definition) is 3. The molecule has 148 valence electrons. The smallest absolute Gasteiger partial charge is 0.260 e. The van der Waals surface area contributed by atoms with Crippen LogP contribution in [-0.4, -0.2) is 21.2 Å². The van der Waals surface area contributed by atoms with E-state index in [1.165, 1.54) is 0 Å². The first kappa shape index (κ1) is 19.7. The number of anilines is 2. The van der Waals surface area contributed by atoms with Gasteiger partial charge in [0.05, 0.1) is 5.69 Å². The Labute approximate surface area is 178 Å². The van der Waals surface area contributed by atoms with Crippen molar-refractivity contribution >= 4 is 46.5 Å². The Balaban J connectivity index is 1.75. The predicted octanol–water partition coefficient (Wildman–Crippen LogP) is 5.42. The summed E-state index contributed by atoms with van der Waals surface area (Å²) in [5.74, 6) is 0.455. The second kappa shape index (κ2) is 7.32. The third kappa shape index (κ3) is 3.34. The van der Waals surface area contributed by atoms with E-state index in [0.717, 1.165) is 5.56 Å². The van der Waals surface area contributed by atoms with Crippen LogP contribution in [0.1, 0.15) is 36.2 Å². The van der Waals surface area contributed by atoms with Crippen molar-refractivity contribution in [1.82, 2.24) is 9.55 Å². The van der Waals surface area contributed by atoms with Gasteiger partial charge in [0.1, 0.15) is 5.54 Å². The maximum absolute atomic E-state index is 13.6. The zero-order valence-corrected chi connectivity index (χ0v) is 17.5. The van der Waals surface area contributed by atoms with E-state index in [0.29, 0.717) is 40.1 Å². The molecule has 29 heavy (non-hydrogen) atoms. The van der Waals surface area contributed by atoms with Crippen molar-refractivity contribution in [2.45, 2.75) is 32.2 Å². The Hall–Kier alpha value is -2.63. The fraction of sp³-hybridized carbons (Fsp3) is 0.227. The highest BCUT2D eigenvalue weighted by Gasteiger charge is 2.48. The number of ketones is 1. The minimum absolute atomic E-state index is 0.0771. The molecular formula is C22H19Cl2N3O2. The largest absolute Gasteiger partial charge is 0.301 e. The number of rotatable bonds is 5. The van der Waals surface area contributed by atoms with Gasteiger partial charge in [-0.05, 0) is 36.8 Å². The van der Waals surface area contributed by atoms with Crippen molar-refractivity contribution in [3.05, 3.63) is 76.0 Å². The molecule has 0 spiro atoms. The van der Waals surface area contributed by atoms with Crippen LogP contribution in [0.3, 0.4) is 0 Å². The van der Waals surface area contributed by atoms with Crippen LogP contribution in [0.5, 0.6) is 0 Å². The Morgan fingerprint density at radius 1 is 1.14 bits per heavy atom. The van der Waals surface area contributed by atoms with Gasteiger partial charge < -0.3 is 4.57 Å². The lowest BCUT2D eigenvalue weighted by Crippen LogP contribution is -2.40. The summed E-state index contributed by atoms with van der Waals surface area (Å²) in [6.45, 7) is 3.71. The highest BCUT2D eigenvalue weighted by molar-refractivity contribution is 6.35. The third-order valence-corrected chi connectivity index (χ3v) is 5.68. The van der Waals surface area contributed by atoms with Gasteiger partial charge >= 0.3 is 0 Å². The van der Waals surface area contributed by atoms with Gasteiger partial charge in [-0.15, -0.1) is 0 Å². The number of amides is 1. The van der Waals surface area contributed by atoms with E-state index in [2.05, 4.69) is 4.98 Å². The topological polar surface area (TPSA) is 55.2 Å². The first-order chi connectivity index (χ1) is 13.8. The van der Waals surface area contributed by atoms with Gasteiger partial charge in [0.2, 0.25) is 5.95 Å². The van der Waals surface area contributed by atoms with Crippen molar-refractivity contribution in [2.75, 3.05) is 4.90 Å². The summed E-state index contributed by atoms with van der Waals surface area (Å²) in [7, 11) is 0. The molecule has 1 amide bonds. The molecule has 1 aromatic heterocycles. The fourth-order valence-electron chi connectivity index (χ4n) is 3.80. The van der Waals surface area contributed by atoms with Crippen LogP contribution < -0.4 is 4.90 Å². The van der Waals surface area contributed by atoms with Crippen molar-refractivity contribution in [3.63, 3.8) is 0 Å². The number of nitrogens with zero attached hydrogens (tertiary/aromatic N) is 3. The molecule has 3 aromatic rings. The summed E-state index contributed by atoms with van der Waals surface area (Å²) in [4.78, 5) is 31.6. The second-order valence-corrected chi connectivity index (χ2v) is 8.17. The first-order valence-corrected chi connectivity index (χ1v) is 10.1. The Morgan fingerprint density at radius 2 is 1.86 bits per heavy atom. The number of fused-ring (bicyclic) bond motifs is 1. The van der Waals surface area contributed by atoms with Crippen LogP contribution in [0.4, 0.5) is 11.6 Å². The molecule has 1 aliphatic rings. The summed E-state index contributed by atoms with van der Waals surface area (Å²) < 4.78 is 1.86. The lowest BCUT2D eigenvalue weighted by molar-refractivity contribution is -0.123. The van der Waals surface area contributed by atoms with Gasteiger partial charge in [-0.25, -0.2) is 9.88 Å². The molecule has 1 aliphatic heterocycles. The number of imidazole rings is 1. The number of benzene rings is 2. The van der Waals surface area contributed by atoms with Crippen LogP contribution in [0.25, 0.3) is 0 Å². The molecule has 0 unspecified atom stereocenters. The number of Topliss-reactive ketones (excluding diaryl/α,β-unsaturated/α-hetero) is 1. The number of carbonyl (C=O) groups is 2. The fourth-order valence-corrected chi connectivity index (χ4v) is 4.31. The lowest BCUT2D eigenvalue weighted by atomic mass is 9.90. The standard InChI is InChI=1S/C22H19Cl2N3O2/c1-3-19(28)15-6-4-5-14(9-15)13-22(2)20(29)27(21-25-7-8-26(21)22)18-11-16(23)10-17(24)12-18/h4-12H,3,13H2,1-2H3/t22-/m1/s1. The van der Waals surface area contributed by atoms with E-state index in [-0.39, 0.29) is 11.7 Å². The monoisotopic (exact) mass is 427 g/mol. The highest BCUT2D eigenvalue weighted by Crippen LogP contribution is 2.42. The van der Waals surface area contributed by atoms with Crippen molar-refractivity contribution in [3.8, 4) is 0 Å². The van der Waals surface area contributed by atoms with E-state index in [4.69, 9.17) is 23.2 Å². The molecule has 0 saturated heterocycles. The number of aromatic nitrogens is 2. The lowest BCUT2D eigenvalue weighted by Gasteiger charge is -2.25. The Kier molecular flexibility index (Phi) is 4.97. The molecule has 0 saturated carbocycles. The van der Waals surface area contributed by atoms with Crippen LogP contribution in [0.2, 0.25) is 10.0 Å². The summed E-state index contributed by atoms with van der Waals surface area (Å²) in [6.07, 6.45) is 4.32. The molecular weight excluding hydrogens is 409 g/mol. The van der Waals surface area contributed by atoms with Gasteiger partial charge in [-0.3, -0.25) is 9.59 Å². The van der Waals surface area contributed by atoms with E-state index < -0.39 is 5.54 Å². The SMILES string of the molecule is CCC(=O)c1cccc(C[C@]2(C)C(=O)N(c3cc(Cl)cc(Cl)c3)c3nccn32)c1. The van der Waals surface area contributed by atoms with Crippen LogP contribution >= 0.6 is 23.2 Å². The third-order valence-electron chi connectivity index (χ3n) is 5.24. The van der Waals surface area contributed by atoms with Gasteiger partial charge in [-0.2, -0.15) is 0 Å². The average molecular weight is 428 g/mol. The van der Waals surface area contributed by atoms with E-state index in [1.54, 1.807) is 41.6 Å². The molecule has 0 radical (unpaired) electrons. The zero-order chi connectivity index (χ0) is 20.8. The molecule has 0 bridgehead atoms. The molecule has 4 rings (SSSR count). The molecule has 7 heteroatoms. The number of carbonyl (C=O) groups excluding carboxylic acids is 2. The minimum atomic E-state index is -0.894. The summed E-state index contributed by atoms with van der Waals surface area (Å²) in [6, 6.07) is 12.4. The molecule has 2 aromatic carbocycles. The van der Waals surface area contributed by atoms with E-state index in [1.807, 2.05) is 36.6 Å². The van der Waals surface area contributed by atoms with Gasteiger partial charge in [0.25, 0.3) is 5.91 Å². The molecule has 2 heterocycles. The maximum atomic E-state index is 13.6. The van der Waals surface area contributed by atoms with E-state index >= 15 is 0 Å². The minimum Gasteiger partial charge on any atom is -0.301 e. The second-order valence-electron chi connectivity index (χ2n) is 7.29. The summed E-state index contributed by atoms with van der Waals surface area (Å²) in [5.41, 5.74) is 1.24. The average Bonchev–Trinajstić information content (AvgIpc) is 3.23. The van der Waals surface area contributed by atoms with Crippen molar-refractivity contribution in [2.24, 2.45) is 0 Å². The summed E-state index contributed by atoms with van der Waals surface area (Å²) >= 11 is 12.3. The van der Waals surface area contributed by atoms with Gasteiger partial charge in [0, 0.05) is 40.8 Å².